The summed E-state index contributed by atoms with van der Waals surface area (Å²) in [6.45, 7) is 6.80. The highest BCUT2D eigenvalue weighted by atomic mass is 16.6. The molecule has 0 fully saturated rings. The Balaban J connectivity index is 4.08. The molecule has 0 aromatic carbocycles. The lowest BCUT2D eigenvalue weighted by Crippen LogP contribution is -2.40. The molecule has 0 spiro atoms. The monoisotopic (exact) mass is 216 g/mol. The van der Waals surface area contributed by atoms with Gasteiger partial charge in [-0.25, -0.2) is 9.59 Å². The fourth-order valence-corrected chi connectivity index (χ4v) is 0.660. The molecule has 0 atom stereocenters. The normalized spacial score (nSPS) is 10.4. The second-order valence-corrected chi connectivity index (χ2v) is 3.72. The maximum atomic E-state index is 11.1. The van der Waals surface area contributed by atoms with E-state index in [1.807, 2.05) is 5.32 Å². The van der Waals surface area contributed by atoms with E-state index in [-0.39, 0.29) is 6.61 Å². The third-order valence-corrected chi connectivity index (χ3v) is 1.11. The van der Waals surface area contributed by atoms with Gasteiger partial charge < -0.3 is 9.47 Å². The Bertz CT molecular complexity index is 268. The van der Waals surface area contributed by atoms with Gasteiger partial charge in [0.05, 0.1) is 6.61 Å². The fourth-order valence-electron chi connectivity index (χ4n) is 0.660. The zero-order valence-electron chi connectivity index (χ0n) is 9.34. The summed E-state index contributed by atoms with van der Waals surface area (Å²) >= 11 is 0. The number of ether oxygens (including phenoxy) is 2. The molecule has 15 heavy (non-hydrogen) atoms. The van der Waals surface area contributed by atoms with Crippen LogP contribution < -0.4 is 5.32 Å². The summed E-state index contributed by atoms with van der Waals surface area (Å²) < 4.78 is 9.34. The van der Waals surface area contributed by atoms with Gasteiger partial charge in [0.1, 0.15) is 5.60 Å². The Labute approximate surface area is 88.4 Å². The first-order valence-corrected chi connectivity index (χ1v) is 4.52. The summed E-state index contributed by atoms with van der Waals surface area (Å²) in [5.41, 5.74) is -0.668. The molecule has 86 valence electrons. The first kappa shape index (κ1) is 13.4. The predicted molar refractivity (Wildman–Crippen MR) is 53.7 cm³/mol. The van der Waals surface area contributed by atoms with Crippen molar-refractivity contribution >= 4 is 17.9 Å². The number of carbonyl (C=O) groups excluding carboxylic acids is 2. The van der Waals surface area contributed by atoms with E-state index in [1.54, 1.807) is 27.7 Å². The minimum atomic E-state index is -0.886. The van der Waals surface area contributed by atoms with Gasteiger partial charge in [0.25, 0.3) is 0 Å². The van der Waals surface area contributed by atoms with Crippen LogP contribution in [0.3, 0.4) is 0 Å². The minimum Gasteiger partial charge on any atom is -0.460 e. The van der Waals surface area contributed by atoms with E-state index in [0.717, 1.165) is 0 Å². The topological polar surface area (TPSA) is 88.5 Å². The highest BCUT2D eigenvalue weighted by Crippen LogP contribution is 2.06. The molecular formula is C9H16N2O4. The molecule has 0 radical (unpaired) electrons. The van der Waals surface area contributed by atoms with Crippen molar-refractivity contribution in [2.75, 3.05) is 6.61 Å². The Morgan fingerprint density at radius 3 is 2.27 bits per heavy atom. The quantitative estimate of drug-likeness (QED) is 0.389. The van der Waals surface area contributed by atoms with E-state index >= 15 is 0 Å². The molecule has 0 aromatic heterocycles. The van der Waals surface area contributed by atoms with Gasteiger partial charge in [-0.1, -0.05) is 0 Å². The van der Waals surface area contributed by atoms with E-state index in [1.165, 1.54) is 0 Å². The Morgan fingerprint density at radius 1 is 1.33 bits per heavy atom. The van der Waals surface area contributed by atoms with Crippen molar-refractivity contribution < 1.29 is 19.1 Å². The second-order valence-electron chi connectivity index (χ2n) is 3.72. The van der Waals surface area contributed by atoms with Crippen molar-refractivity contribution in [2.45, 2.75) is 33.3 Å². The van der Waals surface area contributed by atoms with Crippen molar-refractivity contribution in [3.63, 3.8) is 0 Å². The van der Waals surface area contributed by atoms with Crippen LogP contribution in [0, 0.1) is 5.41 Å². The van der Waals surface area contributed by atoms with Crippen molar-refractivity contribution in [2.24, 2.45) is 0 Å². The molecule has 0 saturated carbocycles. The van der Waals surface area contributed by atoms with Gasteiger partial charge in [-0.2, -0.15) is 0 Å². The molecule has 1 amide bonds. The van der Waals surface area contributed by atoms with E-state index in [9.17, 15) is 9.59 Å². The first-order valence-electron chi connectivity index (χ1n) is 4.52. The van der Waals surface area contributed by atoms with Crippen LogP contribution >= 0.6 is 0 Å². The molecule has 6 nitrogen and oxygen atoms in total. The van der Waals surface area contributed by atoms with Gasteiger partial charge in [-0.15, -0.1) is 0 Å². The minimum absolute atomic E-state index is 0.150. The Hall–Kier alpha value is -1.59. The van der Waals surface area contributed by atoms with Gasteiger partial charge in [0.15, 0.2) is 0 Å². The number of nitrogens with one attached hydrogen (secondary N) is 2. The van der Waals surface area contributed by atoms with Gasteiger partial charge in [0, 0.05) is 0 Å². The van der Waals surface area contributed by atoms with Crippen molar-refractivity contribution in [3.8, 4) is 0 Å². The third-order valence-electron chi connectivity index (χ3n) is 1.11. The number of esters is 1. The molecule has 0 aliphatic rings. The molecule has 6 heteroatoms. The number of carbonyl (C=O) groups is 2. The standard InChI is InChI=1S/C9H16N2O4/c1-5-14-7(12)6(10)11-8(13)15-9(2,3)4/h5H2,1-4H3,(H2,10,11,13). The average Bonchev–Trinajstić information content (AvgIpc) is 2.00. The molecular weight excluding hydrogens is 200 g/mol. The maximum Gasteiger partial charge on any atom is 0.413 e. The summed E-state index contributed by atoms with van der Waals surface area (Å²) in [5, 5.41) is 9.12. The number of rotatable bonds is 1. The summed E-state index contributed by atoms with van der Waals surface area (Å²) in [6.07, 6.45) is -0.847. The summed E-state index contributed by atoms with van der Waals surface area (Å²) in [7, 11) is 0. The molecule has 0 aliphatic carbocycles. The molecule has 0 heterocycles. The van der Waals surface area contributed by atoms with E-state index in [0.29, 0.717) is 0 Å². The molecule has 0 saturated heterocycles. The molecule has 0 bridgehead atoms. The van der Waals surface area contributed by atoms with E-state index in [2.05, 4.69) is 4.74 Å². The number of hydrogen-bond donors (Lipinski definition) is 2. The molecule has 0 unspecified atom stereocenters. The lowest BCUT2D eigenvalue weighted by molar-refractivity contribution is -0.135. The Kier molecular flexibility index (Phi) is 4.77. The molecule has 0 rings (SSSR count). The summed E-state index contributed by atoms with van der Waals surface area (Å²) in [5.74, 6) is -1.52. The van der Waals surface area contributed by atoms with Crippen molar-refractivity contribution in [3.05, 3.63) is 0 Å². The lowest BCUT2D eigenvalue weighted by atomic mass is 10.2. The zero-order chi connectivity index (χ0) is 12.1. The Morgan fingerprint density at radius 2 is 1.87 bits per heavy atom. The lowest BCUT2D eigenvalue weighted by Gasteiger charge is -2.19. The molecule has 0 aromatic rings. The van der Waals surface area contributed by atoms with Gasteiger partial charge in [-0.05, 0) is 27.7 Å². The largest absolute Gasteiger partial charge is 0.460 e. The summed E-state index contributed by atoms with van der Waals surface area (Å²) in [6, 6.07) is 0. The second kappa shape index (κ2) is 5.33. The predicted octanol–water partition coefficient (Wildman–Crippen LogP) is 1.05. The molecule has 0 aliphatic heterocycles. The van der Waals surface area contributed by atoms with Crippen LogP contribution in [0.15, 0.2) is 0 Å². The number of amides is 1. The van der Waals surface area contributed by atoms with Crippen molar-refractivity contribution in [1.29, 1.82) is 5.41 Å². The first-order chi connectivity index (χ1) is 6.76. The van der Waals surface area contributed by atoms with E-state index in [4.69, 9.17) is 10.1 Å². The van der Waals surface area contributed by atoms with Crippen LogP contribution in [0.25, 0.3) is 0 Å². The van der Waals surface area contributed by atoms with Crippen molar-refractivity contribution in [1.82, 2.24) is 5.32 Å². The van der Waals surface area contributed by atoms with Gasteiger partial charge >= 0.3 is 12.1 Å². The SMILES string of the molecule is CCOC(=O)C(=N)NC(=O)OC(C)(C)C. The van der Waals surface area contributed by atoms with Crippen LogP contribution in [-0.4, -0.2) is 30.1 Å². The highest BCUT2D eigenvalue weighted by Gasteiger charge is 2.19. The van der Waals surface area contributed by atoms with Crippen LogP contribution in [0.1, 0.15) is 27.7 Å². The van der Waals surface area contributed by atoms with Crippen LogP contribution in [0.4, 0.5) is 4.79 Å². The summed E-state index contributed by atoms with van der Waals surface area (Å²) in [4.78, 5) is 22.0. The third kappa shape index (κ3) is 6.48. The molecule has 2 N–H and O–H groups in total. The number of amidine groups is 1. The maximum absolute atomic E-state index is 11.1. The van der Waals surface area contributed by atoms with Gasteiger partial charge in [0.2, 0.25) is 5.84 Å². The number of hydrogen-bond acceptors (Lipinski definition) is 5. The van der Waals surface area contributed by atoms with Gasteiger partial charge in [-0.3, -0.25) is 10.7 Å². The van der Waals surface area contributed by atoms with E-state index < -0.39 is 23.5 Å². The van der Waals surface area contributed by atoms with Crippen LogP contribution in [0.2, 0.25) is 0 Å². The highest BCUT2D eigenvalue weighted by molar-refractivity contribution is 6.36. The zero-order valence-corrected chi connectivity index (χ0v) is 9.34. The number of alkyl carbamates (subject to hydrolysis) is 1. The van der Waals surface area contributed by atoms with Crippen LogP contribution in [-0.2, 0) is 14.3 Å². The average molecular weight is 216 g/mol. The fraction of sp³-hybridized carbons (Fsp3) is 0.667. The van der Waals surface area contributed by atoms with Crippen LogP contribution in [0.5, 0.6) is 0 Å². The smallest absolute Gasteiger partial charge is 0.413 e.